The van der Waals surface area contributed by atoms with Gasteiger partial charge < -0.3 is 19.7 Å². The summed E-state index contributed by atoms with van der Waals surface area (Å²) in [7, 11) is 0. The summed E-state index contributed by atoms with van der Waals surface area (Å²) in [6.45, 7) is 3.83. The highest BCUT2D eigenvalue weighted by Crippen LogP contribution is 2.26. The molecule has 0 aromatic heterocycles. The van der Waals surface area contributed by atoms with Crippen molar-refractivity contribution in [2.75, 3.05) is 13.2 Å². The minimum absolute atomic E-state index is 0.0198. The molecule has 1 saturated heterocycles. The van der Waals surface area contributed by atoms with Crippen LogP contribution in [0.5, 0.6) is 0 Å². The Hall–Kier alpha value is -2.15. The molecule has 0 aromatic carbocycles. The van der Waals surface area contributed by atoms with Crippen molar-refractivity contribution in [2.45, 2.75) is 18.9 Å². The zero-order chi connectivity index (χ0) is 15.8. The molecule has 116 valence electrons. The van der Waals surface area contributed by atoms with Crippen LogP contribution in [0, 0.1) is 11.8 Å². The predicted molar refractivity (Wildman–Crippen MR) is 71.5 cm³/mol. The summed E-state index contributed by atoms with van der Waals surface area (Å²) in [6.07, 6.45) is 5.49. The fraction of sp³-hybridized carbons (Fsp3) is 0.500. The maximum Gasteiger partial charge on any atom is 0.327 e. The molecule has 2 N–H and O–H groups in total. The van der Waals surface area contributed by atoms with Crippen molar-refractivity contribution in [1.29, 1.82) is 0 Å². The van der Waals surface area contributed by atoms with Gasteiger partial charge in [0.1, 0.15) is 12.7 Å². The molecule has 3 unspecified atom stereocenters. The van der Waals surface area contributed by atoms with Gasteiger partial charge in [-0.2, -0.15) is 0 Å². The van der Waals surface area contributed by atoms with Crippen molar-refractivity contribution >= 4 is 17.9 Å². The van der Waals surface area contributed by atoms with Gasteiger partial charge in [0.2, 0.25) is 0 Å². The van der Waals surface area contributed by atoms with Gasteiger partial charge in [0.05, 0.1) is 18.4 Å². The van der Waals surface area contributed by atoms with E-state index in [4.69, 9.17) is 19.7 Å². The monoisotopic (exact) mass is 298 g/mol. The Morgan fingerprint density at radius 1 is 1.38 bits per heavy atom. The molecule has 7 nitrogen and oxygen atoms in total. The molecule has 2 aliphatic rings. The van der Waals surface area contributed by atoms with Crippen LogP contribution < -0.4 is 0 Å². The van der Waals surface area contributed by atoms with Gasteiger partial charge in [-0.1, -0.05) is 18.7 Å². The number of ether oxygens (including phenoxy) is 2. The highest BCUT2D eigenvalue weighted by atomic mass is 16.6. The van der Waals surface area contributed by atoms with Crippen LogP contribution in [0.25, 0.3) is 0 Å². The van der Waals surface area contributed by atoms with Gasteiger partial charge in [-0.25, -0.2) is 4.79 Å². The van der Waals surface area contributed by atoms with E-state index in [1.165, 1.54) is 0 Å². The third-order valence-corrected chi connectivity index (χ3v) is 3.00. The smallest absolute Gasteiger partial charge is 0.327 e. The SMILES string of the molecule is C=CC(=O)O.O=C(O)C1C=CCCC1C(=O)OCC1CO1. The topological polar surface area (TPSA) is 113 Å². The fourth-order valence-electron chi connectivity index (χ4n) is 1.80. The number of rotatable bonds is 5. The summed E-state index contributed by atoms with van der Waals surface area (Å²) in [6, 6.07) is 0. The Balaban J connectivity index is 0.000000383. The molecule has 1 heterocycles. The van der Waals surface area contributed by atoms with Crippen molar-refractivity contribution in [1.82, 2.24) is 0 Å². The first kappa shape index (κ1) is 16.9. The molecule has 2 rings (SSSR count). The number of epoxide rings is 1. The van der Waals surface area contributed by atoms with Crippen molar-refractivity contribution in [3.8, 4) is 0 Å². The molecule has 1 aliphatic carbocycles. The lowest BCUT2D eigenvalue weighted by molar-refractivity contribution is -0.157. The number of hydrogen-bond donors (Lipinski definition) is 2. The first-order chi connectivity index (χ1) is 9.95. The van der Waals surface area contributed by atoms with Crippen molar-refractivity contribution < 1.29 is 34.1 Å². The third kappa shape index (κ3) is 6.22. The Morgan fingerprint density at radius 3 is 2.48 bits per heavy atom. The summed E-state index contributed by atoms with van der Waals surface area (Å²) in [5, 5.41) is 16.6. The summed E-state index contributed by atoms with van der Waals surface area (Å²) in [5.41, 5.74) is 0. The van der Waals surface area contributed by atoms with Gasteiger partial charge in [-0.05, 0) is 12.8 Å². The van der Waals surface area contributed by atoms with Crippen LogP contribution in [0.15, 0.2) is 24.8 Å². The molecule has 0 spiro atoms. The predicted octanol–water partition coefficient (Wildman–Crippen LogP) is 0.852. The number of carbonyl (C=O) groups excluding carboxylic acids is 1. The van der Waals surface area contributed by atoms with Gasteiger partial charge in [-0.3, -0.25) is 9.59 Å². The van der Waals surface area contributed by atoms with E-state index in [1.807, 2.05) is 0 Å². The van der Waals surface area contributed by atoms with Crippen molar-refractivity contribution in [3.63, 3.8) is 0 Å². The average Bonchev–Trinajstić information content (AvgIpc) is 3.29. The van der Waals surface area contributed by atoms with Gasteiger partial charge in [0.25, 0.3) is 0 Å². The van der Waals surface area contributed by atoms with Crippen molar-refractivity contribution in [3.05, 3.63) is 24.8 Å². The first-order valence-corrected chi connectivity index (χ1v) is 6.48. The van der Waals surface area contributed by atoms with E-state index in [0.29, 0.717) is 13.0 Å². The molecular formula is C14H18O7. The molecule has 0 aromatic rings. The average molecular weight is 298 g/mol. The standard InChI is InChI=1S/C11H14O5.C3H4O2/c12-10(13)8-3-1-2-4-9(8)11(14)16-6-7-5-15-7;1-2-3(4)5/h1,3,7-9H,2,4-6H2,(H,12,13);2H,1H2,(H,4,5). The van der Waals surface area contributed by atoms with E-state index < -0.39 is 29.7 Å². The van der Waals surface area contributed by atoms with Gasteiger partial charge in [0.15, 0.2) is 0 Å². The van der Waals surface area contributed by atoms with Crippen LogP contribution in [0.3, 0.4) is 0 Å². The quantitative estimate of drug-likeness (QED) is 0.335. The summed E-state index contributed by atoms with van der Waals surface area (Å²) in [4.78, 5) is 31.9. The Labute approximate surface area is 121 Å². The molecule has 3 atom stereocenters. The second-order valence-corrected chi connectivity index (χ2v) is 4.60. The second kappa shape index (κ2) is 8.21. The number of carboxylic acids is 2. The zero-order valence-electron chi connectivity index (χ0n) is 11.4. The van der Waals surface area contributed by atoms with Crippen LogP contribution in [0.4, 0.5) is 0 Å². The maximum absolute atomic E-state index is 11.7. The van der Waals surface area contributed by atoms with Crippen LogP contribution in [0.1, 0.15) is 12.8 Å². The highest BCUT2D eigenvalue weighted by molar-refractivity contribution is 5.82. The second-order valence-electron chi connectivity index (χ2n) is 4.60. The molecule has 0 saturated carbocycles. The molecule has 0 amide bonds. The number of aliphatic carboxylic acids is 2. The normalized spacial score (nSPS) is 26.0. The third-order valence-electron chi connectivity index (χ3n) is 3.00. The molecule has 1 fully saturated rings. The van der Waals surface area contributed by atoms with Gasteiger partial charge >= 0.3 is 17.9 Å². The Kier molecular flexibility index (Phi) is 6.61. The zero-order valence-corrected chi connectivity index (χ0v) is 11.4. The van der Waals surface area contributed by atoms with E-state index in [0.717, 1.165) is 12.5 Å². The van der Waals surface area contributed by atoms with E-state index in [9.17, 15) is 14.4 Å². The van der Waals surface area contributed by atoms with E-state index in [-0.39, 0.29) is 12.7 Å². The highest BCUT2D eigenvalue weighted by Gasteiger charge is 2.35. The number of carbonyl (C=O) groups is 3. The minimum Gasteiger partial charge on any atom is -0.481 e. The number of carboxylic acid groups (broad SMARTS) is 2. The largest absolute Gasteiger partial charge is 0.481 e. The lowest BCUT2D eigenvalue weighted by Crippen LogP contribution is -2.32. The number of esters is 1. The maximum atomic E-state index is 11.7. The lowest BCUT2D eigenvalue weighted by Gasteiger charge is -2.22. The van der Waals surface area contributed by atoms with Crippen LogP contribution in [-0.2, 0) is 23.9 Å². The van der Waals surface area contributed by atoms with Crippen molar-refractivity contribution in [2.24, 2.45) is 11.8 Å². The molecule has 21 heavy (non-hydrogen) atoms. The van der Waals surface area contributed by atoms with Crippen LogP contribution in [0.2, 0.25) is 0 Å². The van der Waals surface area contributed by atoms with Gasteiger partial charge in [0, 0.05) is 6.08 Å². The minimum atomic E-state index is -0.981. The summed E-state index contributed by atoms with van der Waals surface area (Å²) in [5.74, 6) is -3.68. The van der Waals surface area contributed by atoms with E-state index >= 15 is 0 Å². The van der Waals surface area contributed by atoms with E-state index in [1.54, 1.807) is 12.2 Å². The number of allylic oxidation sites excluding steroid dienone is 1. The van der Waals surface area contributed by atoms with E-state index in [2.05, 4.69) is 6.58 Å². The van der Waals surface area contributed by atoms with Gasteiger partial charge in [-0.15, -0.1) is 0 Å². The fourth-order valence-corrected chi connectivity index (χ4v) is 1.80. The first-order valence-electron chi connectivity index (χ1n) is 6.48. The number of hydrogen-bond acceptors (Lipinski definition) is 5. The van der Waals surface area contributed by atoms with Crippen LogP contribution in [-0.4, -0.2) is 47.4 Å². The molecule has 0 bridgehead atoms. The summed E-state index contributed by atoms with van der Waals surface area (Å²) < 4.78 is 9.94. The molecule has 1 aliphatic heterocycles. The molecular weight excluding hydrogens is 280 g/mol. The Bertz CT molecular complexity index is 437. The lowest BCUT2D eigenvalue weighted by atomic mass is 9.84. The Morgan fingerprint density at radius 2 is 2.00 bits per heavy atom. The molecule has 0 radical (unpaired) electrons. The van der Waals surface area contributed by atoms with Crippen LogP contribution >= 0.6 is 0 Å². The molecule has 7 heteroatoms. The summed E-state index contributed by atoms with van der Waals surface area (Å²) >= 11 is 0.